The van der Waals surface area contributed by atoms with Gasteiger partial charge in [-0.25, -0.2) is 9.80 Å². The molecule has 0 N–H and O–H groups in total. The number of nitrogens with zero attached hydrogens (tertiary/aromatic N) is 2. The Labute approximate surface area is 182 Å². The fourth-order valence-corrected chi connectivity index (χ4v) is 4.00. The standard InChI is InChI=1S/C22H20N2O6S/c1-27-18-8-7-14(11-19(18)28-2)22(26)30-13-21(25)24-16(17-5-3-9-29-17)12-15(23-24)20-6-4-10-31-20/h3-11,16H,12-13H2,1-2H3. The zero-order valence-electron chi connectivity index (χ0n) is 16.9. The van der Waals surface area contributed by atoms with Crippen LogP contribution < -0.4 is 9.47 Å². The van der Waals surface area contributed by atoms with Crippen molar-refractivity contribution in [1.82, 2.24) is 5.01 Å². The summed E-state index contributed by atoms with van der Waals surface area (Å²) in [5.74, 6) is 0.414. The number of hydrogen-bond acceptors (Lipinski definition) is 8. The van der Waals surface area contributed by atoms with Crippen molar-refractivity contribution in [2.45, 2.75) is 12.5 Å². The van der Waals surface area contributed by atoms with Gasteiger partial charge in [-0.1, -0.05) is 6.07 Å². The molecule has 1 amide bonds. The second kappa shape index (κ2) is 9.05. The normalized spacial score (nSPS) is 15.5. The lowest BCUT2D eigenvalue weighted by Gasteiger charge is -2.19. The SMILES string of the molecule is COc1ccc(C(=O)OCC(=O)N2N=C(c3cccs3)CC2c2ccco2)cc1OC. The Bertz CT molecular complexity index is 1090. The quantitative estimate of drug-likeness (QED) is 0.518. The Morgan fingerprint density at radius 1 is 1.16 bits per heavy atom. The van der Waals surface area contributed by atoms with Gasteiger partial charge in [0.15, 0.2) is 18.1 Å². The number of furan rings is 1. The largest absolute Gasteiger partial charge is 0.493 e. The van der Waals surface area contributed by atoms with E-state index in [1.54, 1.807) is 41.9 Å². The van der Waals surface area contributed by atoms with Gasteiger partial charge in [-0.15, -0.1) is 11.3 Å². The number of methoxy groups -OCH3 is 2. The van der Waals surface area contributed by atoms with Crippen molar-refractivity contribution in [1.29, 1.82) is 0 Å². The topological polar surface area (TPSA) is 90.6 Å². The number of carbonyl (C=O) groups is 2. The van der Waals surface area contributed by atoms with E-state index < -0.39 is 18.5 Å². The van der Waals surface area contributed by atoms with E-state index >= 15 is 0 Å². The molecule has 1 atom stereocenters. The summed E-state index contributed by atoms with van der Waals surface area (Å²) in [6.45, 7) is -0.453. The maximum atomic E-state index is 12.9. The van der Waals surface area contributed by atoms with Crippen molar-refractivity contribution in [2.75, 3.05) is 20.8 Å². The molecule has 1 aliphatic rings. The minimum absolute atomic E-state index is 0.247. The van der Waals surface area contributed by atoms with Crippen molar-refractivity contribution >= 4 is 28.9 Å². The molecular weight excluding hydrogens is 420 g/mol. The van der Waals surface area contributed by atoms with Gasteiger partial charge >= 0.3 is 5.97 Å². The Morgan fingerprint density at radius 3 is 2.68 bits per heavy atom. The van der Waals surface area contributed by atoms with Gasteiger partial charge in [0.25, 0.3) is 5.91 Å². The third-order valence-corrected chi connectivity index (χ3v) is 5.71. The molecule has 4 rings (SSSR count). The highest BCUT2D eigenvalue weighted by Gasteiger charge is 2.35. The third-order valence-electron chi connectivity index (χ3n) is 4.79. The zero-order chi connectivity index (χ0) is 21.8. The van der Waals surface area contributed by atoms with E-state index in [2.05, 4.69) is 5.10 Å². The summed E-state index contributed by atoms with van der Waals surface area (Å²) in [7, 11) is 2.98. The molecule has 0 spiro atoms. The zero-order valence-corrected chi connectivity index (χ0v) is 17.8. The van der Waals surface area contributed by atoms with Crippen molar-refractivity contribution in [3.63, 3.8) is 0 Å². The van der Waals surface area contributed by atoms with Crippen LogP contribution in [-0.4, -0.2) is 43.4 Å². The van der Waals surface area contributed by atoms with E-state index in [1.165, 1.54) is 25.3 Å². The average molecular weight is 440 g/mol. The third kappa shape index (κ3) is 4.31. The predicted octanol–water partition coefficient (Wildman–Crippen LogP) is 3.89. The Kier molecular flexibility index (Phi) is 6.03. The summed E-state index contributed by atoms with van der Waals surface area (Å²) < 4.78 is 21.1. The number of benzene rings is 1. The summed E-state index contributed by atoms with van der Waals surface area (Å²) in [4.78, 5) is 26.3. The number of rotatable bonds is 7. The molecule has 0 saturated carbocycles. The van der Waals surface area contributed by atoms with Gasteiger partial charge in [0.2, 0.25) is 0 Å². The van der Waals surface area contributed by atoms with Crippen LogP contribution >= 0.6 is 11.3 Å². The van der Waals surface area contributed by atoms with E-state index in [-0.39, 0.29) is 11.6 Å². The van der Waals surface area contributed by atoms with Crippen LogP contribution in [0.3, 0.4) is 0 Å². The van der Waals surface area contributed by atoms with Crippen LogP contribution in [0.2, 0.25) is 0 Å². The minimum atomic E-state index is -0.648. The molecule has 3 heterocycles. The first-order valence-corrected chi connectivity index (χ1v) is 10.3. The van der Waals surface area contributed by atoms with Gasteiger partial charge in [-0.05, 0) is 41.8 Å². The summed E-state index contributed by atoms with van der Waals surface area (Å²) in [6, 6.07) is 11.7. The molecule has 0 aliphatic carbocycles. The molecule has 3 aromatic rings. The Balaban J connectivity index is 1.48. The van der Waals surface area contributed by atoms with Crippen molar-refractivity contribution in [2.24, 2.45) is 5.10 Å². The molecule has 0 saturated heterocycles. The molecule has 8 nitrogen and oxygen atoms in total. The first-order valence-electron chi connectivity index (χ1n) is 9.46. The maximum absolute atomic E-state index is 12.9. The van der Waals surface area contributed by atoms with Crippen LogP contribution in [0.1, 0.15) is 33.5 Å². The van der Waals surface area contributed by atoms with Gasteiger partial charge in [-0.3, -0.25) is 4.79 Å². The fraction of sp³-hybridized carbons (Fsp3) is 0.227. The van der Waals surface area contributed by atoms with Gasteiger partial charge in [-0.2, -0.15) is 5.10 Å². The summed E-state index contributed by atoms with van der Waals surface area (Å²) in [6.07, 6.45) is 2.07. The average Bonchev–Trinajstić information content (AvgIpc) is 3.56. The van der Waals surface area contributed by atoms with Gasteiger partial charge in [0.1, 0.15) is 11.8 Å². The molecule has 1 aliphatic heterocycles. The molecule has 0 fully saturated rings. The van der Waals surface area contributed by atoms with E-state index in [9.17, 15) is 9.59 Å². The number of hydrogen-bond donors (Lipinski definition) is 0. The fourth-order valence-electron chi connectivity index (χ4n) is 3.27. The Morgan fingerprint density at radius 2 is 2.00 bits per heavy atom. The highest BCUT2D eigenvalue weighted by Crippen LogP contribution is 2.34. The molecule has 1 unspecified atom stereocenters. The second-order valence-electron chi connectivity index (χ2n) is 6.64. The predicted molar refractivity (Wildman–Crippen MR) is 114 cm³/mol. The first-order chi connectivity index (χ1) is 15.1. The summed E-state index contributed by atoms with van der Waals surface area (Å²) >= 11 is 1.55. The lowest BCUT2D eigenvalue weighted by atomic mass is 10.1. The van der Waals surface area contributed by atoms with Crippen LogP contribution in [0, 0.1) is 0 Å². The molecule has 0 radical (unpaired) electrons. The van der Waals surface area contributed by atoms with Crippen LogP contribution in [0.25, 0.3) is 0 Å². The van der Waals surface area contributed by atoms with Crippen LogP contribution in [0.15, 0.2) is 63.6 Å². The van der Waals surface area contributed by atoms with Crippen molar-refractivity contribution < 1.29 is 28.2 Å². The molecule has 1 aromatic carbocycles. The smallest absolute Gasteiger partial charge is 0.338 e. The number of ether oxygens (including phenoxy) is 3. The van der Waals surface area contributed by atoms with Gasteiger partial charge in [0, 0.05) is 6.42 Å². The molecule has 2 aromatic heterocycles. The van der Waals surface area contributed by atoms with E-state index in [1.807, 2.05) is 17.5 Å². The maximum Gasteiger partial charge on any atom is 0.338 e. The van der Waals surface area contributed by atoms with Crippen molar-refractivity contribution in [3.8, 4) is 11.5 Å². The van der Waals surface area contributed by atoms with Crippen LogP contribution in [-0.2, 0) is 9.53 Å². The number of esters is 1. The minimum Gasteiger partial charge on any atom is -0.493 e. The monoisotopic (exact) mass is 440 g/mol. The second-order valence-corrected chi connectivity index (χ2v) is 7.59. The summed E-state index contributed by atoms with van der Waals surface area (Å²) in [5.41, 5.74) is 1.04. The first kappa shape index (κ1) is 20.7. The molecule has 9 heteroatoms. The highest BCUT2D eigenvalue weighted by atomic mass is 32.1. The number of carbonyl (C=O) groups excluding carboxylic acids is 2. The van der Waals surface area contributed by atoms with E-state index in [0.717, 1.165) is 10.6 Å². The number of amides is 1. The molecule has 160 valence electrons. The van der Waals surface area contributed by atoms with Gasteiger partial charge in [0.05, 0.1) is 36.6 Å². The summed E-state index contributed by atoms with van der Waals surface area (Å²) in [5, 5.41) is 7.77. The van der Waals surface area contributed by atoms with Gasteiger partial charge < -0.3 is 18.6 Å². The van der Waals surface area contributed by atoms with Crippen molar-refractivity contribution in [3.05, 3.63) is 70.3 Å². The molecule has 31 heavy (non-hydrogen) atoms. The number of thiophene rings is 1. The lowest BCUT2D eigenvalue weighted by molar-refractivity contribution is -0.136. The van der Waals surface area contributed by atoms with Crippen LogP contribution in [0.4, 0.5) is 0 Å². The molecule has 0 bridgehead atoms. The highest BCUT2D eigenvalue weighted by molar-refractivity contribution is 7.12. The van der Waals surface area contributed by atoms with E-state index in [4.69, 9.17) is 18.6 Å². The van der Waals surface area contributed by atoms with E-state index in [0.29, 0.717) is 23.7 Å². The lowest BCUT2D eigenvalue weighted by Crippen LogP contribution is -2.31. The number of hydrazone groups is 1. The van der Waals surface area contributed by atoms with Crippen LogP contribution in [0.5, 0.6) is 11.5 Å². The molecular formula is C22H20N2O6S. The Hall–Kier alpha value is -3.59.